The Bertz CT molecular complexity index is 637. The second kappa shape index (κ2) is 6.89. The Kier molecular flexibility index (Phi) is 5.48. The van der Waals surface area contributed by atoms with E-state index < -0.39 is 28.4 Å². The van der Waals surface area contributed by atoms with Crippen LogP contribution in [-0.2, 0) is 14.6 Å². The molecule has 1 aromatic carbocycles. The van der Waals surface area contributed by atoms with Crippen LogP contribution in [0.25, 0.3) is 0 Å². The van der Waals surface area contributed by atoms with E-state index in [4.69, 9.17) is 5.11 Å². The van der Waals surface area contributed by atoms with E-state index in [0.717, 1.165) is 11.2 Å². The molecule has 8 heteroatoms. The molecule has 1 rings (SSSR count). The van der Waals surface area contributed by atoms with Gasteiger partial charge in [0.05, 0.1) is 4.90 Å². The van der Waals surface area contributed by atoms with Gasteiger partial charge in [-0.2, -0.15) is 0 Å². The Morgan fingerprint density at radius 3 is 2.33 bits per heavy atom. The van der Waals surface area contributed by atoms with Gasteiger partial charge in [-0.15, -0.1) is 6.58 Å². The van der Waals surface area contributed by atoms with Crippen LogP contribution >= 0.6 is 0 Å². The lowest BCUT2D eigenvalue weighted by atomic mass is 10.3. The van der Waals surface area contributed by atoms with Crippen molar-refractivity contribution < 1.29 is 23.1 Å². The van der Waals surface area contributed by atoms with E-state index in [2.05, 4.69) is 11.9 Å². The number of sulfone groups is 1. The summed E-state index contributed by atoms with van der Waals surface area (Å²) < 4.78 is 22.6. The lowest BCUT2D eigenvalue weighted by Gasteiger charge is -2.19. The van der Waals surface area contributed by atoms with E-state index in [0.29, 0.717) is 5.69 Å². The highest BCUT2D eigenvalue weighted by Gasteiger charge is 2.15. The van der Waals surface area contributed by atoms with Gasteiger partial charge in [0.25, 0.3) is 0 Å². The number of anilines is 1. The molecule has 0 aromatic heterocycles. The first-order valence-electron chi connectivity index (χ1n) is 5.93. The molecule has 0 fully saturated rings. The van der Waals surface area contributed by atoms with Gasteiger partial charge >= 0.3 is 12.0 Å². The summed E-state index contributed by atoms with van der Waals surface area (Å²) in [6, 6.07) is 4.98. The first-order chi connectivity index (χ1) is 9.74. The van der Waals surface area contributed by atoms with Crippen LogP contribution in [0.2, 0.25) is 0 Å². The number of carboxylic acid groups (broad SMARTS) is 1. The van der Waals surface area contributed by atoms with Crippen molar-refractivity contribution >= 4 is 27.5 Å². The third-order valence-corrected chi connectivity index (χ3v) is 3.63. The highest BCUT2D eigenvalue weighted by Crippen LogP contribution is 2.14. The molecule has 0 bridgehead atoms. The van der Waals surface area contributed by atoms with Crippen molar-refractivity contribution in [1.29, 1.82) is 0 Å². The van der Waals surface area contributed by atoms with Gasteiger partial charge in [0, 0.05) is 18.5 Å². The summed E-state index contributed by atoms with van der Waals surface area (Å²) in [6.07, 6.45) is 2.49. The average molecular weight is 312 g/mol. The molecule has 0 unspecified atom stereocenters. The SMILES string of the molecule is C=CCN(CC(=O)O)C(=O)Nc1ccc(S(C)(=O)=O)cc1. The van der Waals surface area contributed by atoms with Gasteiger partial charge in [0.2, 0.25) is 0 Å². The highest BCUT2D eigenvalue weighted by molar-refractivity contribution is 7.90. The zero-order chi connectivity index (χ0) is 16.0. The van der Waals surface area contributed by atoms with Gasteiger partial charge in [-0.25, -0.2) is 13.2 Å². The number of hydrogen-bond donors (Lipinski definition) is 2. The van der Waals surface area contributed by atoms with Gasteiger partial charge in [-0.05, 0) is 24.3 Å². The summed E-state index contributed by atoms with van der Waals surface area (Å²) in [5, 5.41) is 11.2. The molecule has 0 spiro atoms. The summed E-state index contributed by atoms with van der Waals surface area (Å²) in [4.78, 5) is 23.8. The number of hydrogen-bond acceptors (Lipinski definition) is 4. The van der Waals surface area contributed by atoms with Gasteiger partial charge < -0.3 is 15.3 Å². The Hall–Kier alpha value is -2.35. The summed E-state index contributed by atoms with van der Waals surface area (Å²) >= 11 is 0. The van der Waals surface area contributed by atoms with Gasteiger partial charge in [-0.3, -0.25) is 4.79 Å². The highest BCUT2D eigenvalue weighted by atomic mass is 32.2. The number of nitrogens with one attached hydrogen (secondary N) is 1. The number of amides is 2. The van der Waals surface area contributed by atoms with Crippen LogP contribution < -0.4 is 5.32 Å². The zero-order valence-electron chi connectivity index (χ0n) is 11.4. The normalized spacial score (nSPS) is 10.7. The fourth-order valence-corrected chi connectivity index (χ4v) is 2.16. The van der Waals surface area contributed by atoms with Gasteiger partial charge in [0.1, 0.15) is 6.54 Å². The third kappa shape index (κ3) is 5.27. The minimum Gasteiger partial charge on any atom is -0.480 e. The maximum atomic E-state index is 11.9. The number of rotatable bonds is 6. The number of nitrogens with zero attached hydrogens (tertiary/aromatic N) is 1. The molecule has 21 heavy (non-hydrogen) atoms. The molecule has 0 aliphatic carbocycles. The molecule has 0 heterocycles. The van der Waals surface area contributed by atoms with Crippen LogP contribution in [0, 0.1) is 0 Å². The van der Waals surface area contributed by atoms with Crippen molar-refractivity contribution in [3.8, 4) is 0 Å². The average Bonchev–Trinajstić information content (AvgIpc) is 2.37. The van der Waals surface area contributed by atoms with Crippen LogP contribution in [0.1, 0.15) is 0 Å². The molecule has 1 aromatic rings. The van der Waals surface area contributed by atoms with Crippen LogP contribution in [0.5, 0.6) is 0 Å². The Labute approximate surface area is 122 Å². The molecular formula is C13H16N2O5S. The molecule has 0 saturated carbocycles. The molecule has 0 atom stereocenters. The molecule has 7 nitrogen and oxygen atoms in total. The zero-order valence-corrected chi connectivity index (χ0v) is 12.3. The van der Waals surface area contributed by atoms with Crippen LogP contribution in [-0.4, -0.2) is 49.8 Å². The summed E-state index contributed by atoms with van der Waals surface area (Å²) in [7, 11) is -3.30. The van der Waals surface area contributed by atoms with E-state index in [1.807, 2.05) is 0 Å². The summed E-state index contributed by atoms with van der Waals surface area (Å²) in [5.41, 5.74) is 0.367. The van der Waals surface area contributed by atoms with E-state index in [-0.39, 0.29) is 11.4 Å². The molecule has 0 aliphatic rings. The van der Waals surface area contributed by atoms with Crippen LogP contribution in [0.4, 0.5) is 10.5 Å². The van der Waals surface area contributed by atoms with Crippen molar-refractivity contribution in [2.24, 2.45) is 0 Å². The number of aliphatic carboxylic acids is 1. The number of carbonyl (C=O) groups is 2. The monoisotopic (exact) mass is 312 g/mol. The topological polar surface area (TPSA) is 104 Å². The largest absolute Gasteiger partial charge is 0.480 e. The first kappa shape index (κ1) is 16.7. The van der Waals surface area contributed by atoms with Crippen molar-refractivity contribution in [1.82, 2.24) is 4.90 Å². The molecule has 0 aliphatic heterocycles. The molecule has 2 N–H and O–H groups in total. The van der Waals surface area contributed by atoms with Crippen LogP contribution in [0.15, 0.2) is 41.8 Å². The minimum absolute atomic E-state index is 0.0829. The quantitative estimate of drug-likeness (QED) is 0.768. The van der Waals surface area contributed by atoms with Gasteiger partial charge in [0.15, 0.2) is 9.84 Å². The lowest BCUT2D eigenvalue weighted by molar-refractivity contribution is -0.137. The Balaban J connectivity index is 2.81. The third-order valence-electron chi connectivity index (χ3n) is 2.50. The minimum atomic E-state index is -3.30. The number of carboxylic acids is 1. The van der Waals surface area contributed by atoms with E-state index in [9.17, 15) is 18.0 Å². The smallest absolute Gasteiger partial charge is 0.323 e. The second-order valence-electron chi connectivity index (χ2n) is 4.29. The van der Waals surface area contributed by atoms with Gasteiger partial charge in [-0.1, -0.05) is 6.08 Å². The number of carbonyl (C=O) groups excluding carboxylic acids is 1. The predicted octanol–water partition coefficient (Wildman–Crippen LogP) is 1.19. The molecule has 114 valence electrons. The molecule has 2 amide bonds. The van der Waals surface area contributed by atoms with E-state index in [1.54, 1.807) is 0 Å². The van der Waals surface area contributed by atoms with E-state index >= 15 is 0 Å². The van der Waals surface area contributed by atoms with Crippen molar-refractivity contribution in [3.05, 3.63) is 36.9 Å². The maximum Gasteiger partial charge on any atom is 0.323 e. The number of urea groups is 1. The van der Waals surface area contributed by atoms with E-state index in [1.165, 1.54) is 30.3 Å². The Morgan fingerprint density at radius 2 is 1.90 bits per heavy atom. The van der Waals surface area contributed by atoms with Crippen molar-refractivity contribution in [2.75, 3.05) is 24.7 Å². The Morgan fingerprint density at radius 1 is 1.33 bits per heavy atom. The second-order valence-corrected chi connectivity index (χ2v) is 6.31. The van der Waals surface area contributed by atoms with Crippen molar-refractivity contribution in [2.45, 2.75) is 4.90 Å². The molecular weight excluding hydrogens is 296 g/mol. The molecule has 0 saturated heterocycles. The standard InChI is InChI=1S/C13H16N2O5S/c1-3-8-15(9-12(16)17)13(18)14-10-4-6-11(7-5-10)21(2,19)20/h3-7H,1,8-9H2,2H3,(H,14,18)(H,16,17). The van der Waals surface area contributed by atoms with Crippen molar-refractivity contribution in [3.63, 3.8) is 0 Å². The maximum absolute atomic E-state index is 11.9. The summed E-state index contributed by atoms with van der Waals surface area (Å²) in [5.74, 6) is -1.14. The first-order valence-corrected chi connectivity index (χ1v) is 7.82. The fraction of sp³-hybridized carbons (Fsp3) is 0.231. The summed E-state index contributed by atoms with van der Waals surface area (Å²) in [6.45, 7) is 3.08. The lowest BCUT2D eigenvalue weighted by Crippen LogP contribution is -2.38. The predicted molar refractivity (Wildman–Crippen MR) is 78.0 cm³/mol. The fourth-order valence-electron chi connectivity index (χ4n) is 1.53. The van der Waals surface area contributed by atoms with Crippen LogP contribution in [0.3, 0.4) is 0 Å². The number of benzene rings is 1. The molecule has 0 radical (unpaired) electrons.